The SMILES string of the molecule is Cn1cc(C(=O)NC(Cc2ccccc2)C(O)C(N)=O)c(-c2cccc(I=C3C(=O)OC4(CCCC4)OC3=O)c2)n1. The number of carbonyl (C=O) groups is 4. The van der Waals surface area contributed by atoms with Crippen LogP contribution in [0.25, 0.3) is 11.3 Å². The number of nitrogens with zero attached hydrogens (tertiary/aromatic N) is 2. The first-order valence-electron chi connectivity index (χ1n) is 13.1. The number of aliphatic hydroxyl groups excluding tert-OH is 1. The quantitative estimate of drug-likeness (QED) is 0.242. The molecule has 1 saturated carbocycles. The van der Waals surface area contributed by atoms with Gasteiger partial charge in [-0.25, -0.2) is 9.59 Å². The minimum absolute atomic E-state index is 0.0154. The molecule has 12 heteroatoms. The maximum absolute atomic E-state index is 13.4. The first kappa shape index (κ1) is 28.6. The largest absolute Gasteiger partial charge is 0.418 e. The number of nitrogens with one attached hydrogen (secondary N) is 1. The van der Waals surface area contributed by atoms with Gasteiger partial charge >= 0.3 is 11.9 Å². The highest BCUT2D eigenvalue weighted by Gasteiger charge is 2.48. The average molecular weight is 672 g/mol. The van der Waals surface area contributed by atoms with Gasteiger partial charge in [0.05, 0.1) is 11.6 Å². The summed E-state index contributed by atoms with van der Waals surface area (Å²) in [5.41, 5.74) is 7.32. The van der Waals surface area contributed by atoms with Crippen molar-refractivity contribution in [3.63, 3.8) is 0 Å². The molecular formula is C29H29IN4O7. The third kappa shape index (κ3) is 6.38. The van der Waals surface area contributed by atoms with E-state index in [1.807, 2.05) is 30.3 Å². The van der Waals surface area contributed by atoms with Gasteiger partial charge in [0, 0.05) is 35.2 Å². The number of halogens is 1. The van der Waals surface area contributed by atoms with Crippen LogP contribution in [-0.2, 0) is 37.3 Å². The molecule has 41 heavy (non-hydrogen) atoms. The molecule has 0 bridgehead atoms. The molecule has 2 heterocycles. The molecule has 1 aliphatic carbocycles. The maximum atomic E-state index is 13.4. The smallest absolute Gasteiger partial charge is 0.354 e. The lowest BCUT2D eigenvalue weighted by molar-refractivity contribution is -0.224. The van der Waals surface area contributed by atoms with Crippen LogP contribution in [0.2, 0.25) is 0 Å². The average Bonchev–Trinajstić information content (AvgIpc) is 3.57. The van der Waals surface area contributed by atoms with Crippen molar-refractivity contribution >= 4 is 48.0 Å². The van der Waals surface area contributed by atoms with E-state index < -0.39 is 62.4 Å². The van der Waals surface area contributed by atoms with E-state index >= 15 is 0 Å². The first-order valence-corrected chi connectivity index (χ1v) is 15.2. The van der Waals surface area contributed by atoms with E-state index in [9.17, 15) is 24.3 Å². The van der Waals surface area contributed by atoms with Crippen LogP contribution in [0.5, 0.6) is 0 Å². The highest BCUT2D eigenvalue weighted by atomic mass is 127. The van der Waals surface area contributed by atoms with Crippen LogP contribution in [-0.4, -0.2) is 60.1 Å². The van der Waals surface area contributed by atoms with Gasteiger partial charge in [0.2, 0.25) is 5.91 Å². The van der Waals surface area contributed by atoms with Crippen molar-refractivity contribution in [3.05, 3.63) is 75.5 Å². The fraction of sp³-hybridized carbons (Fsp3) is 0.310. The fourth-order valence-corrected chi connectivity index (χ4v) is 7.11. The third-order valence-corrected chi connectivity index (χ3v) is 9.66. The van der Waals surface area contributed by atoms with E-state index in [4.69, 9.17) is 15.2 Å². The van der Waals surface area contributed by atoms with Crippen molar-refractivity contribution in [1.29, 1.82) is 0 Å². The molecule has 214 valence electrons. The number of benzene rings is 2. The van der Waals surface area contributed by atoms with Crippen molar-refractivity contribution in [1.82, 2.24) is 15.1 Å². The van der Waals surface area contributed by atoms with Crippen molar-refractivity contribution < 1.29 is 33.8 Å². The van der Waals surface area contributed by atoms with Gasteiger partial charge in [0.1, 0.15) is 5.69 Å². The summed E-state index contributed by atoms with van der Waals surface area (Å²) in [4.78, 5) is 50.8. The Bertz CT molecular complexity index is 1510. The van der Waals surface area contributed by atoms with Crippen LogP contribution >= 0.6 is 20.7 Å². The Morgan fingerprint density at radius 3 is 2.44 bits per heavy atom. The number of hydrogen-bond acceptors (Lipinski definition) is 8. The van der Waals surface area contributed by atoms with Gasteiger partial charge in [-0.2, -0.15) is 5.10 Å². The molecule has 2 amide bonds. The molecule has 2 fully saturated rings. The molecule has 3 aromatic rings. The van der Waals surface area contributed by atoms with Crippen LogP contribution in [0.15, 0.2) is 60.8 Å². The molecule has 4 N–H and O–H groups in total. The summed E-state index contributed by atoms with van der Waals surface area (Å²) in [5, 5.41) is 17.7. The number of primary amides is 1. The van der Waals surface area contributed by atoms with Gasteiger partial charge < -0.3 is 25.6 Å². The van der Waals surface area contributed by atoms with E-state index in [2.05, 4.69) is 10.4 Å². The molecule has 2 unspecified atom stereocenters. The number of ether oxygens (including phenoxy) is 2. The summed E-state index contributed by atoms with van der Waals surface area (Å²) in [6, 6.07) is 15.2. The van der Waals surface area contributed by atoms with E-state index in [0.717, 1.165) is 22.0 Å². The first-order chi connectivity index (χ1) is 19.6. The number of rotatable bonds is 8. The van der Waals surface area contributed by atoms with Crippen LogP contribution in [0.3, 0.4) is 0 Å². The van der Waals surface area contributed by atoms with Gasteiger partial charge in [-0.1, -0.05) is 63.2 Å². The van der Waals surface area contributed by atoms with Gasteiger partial charge in [-0.3, -0.25) is 14.3 Å². The molecule has 11 nitrogen and oxygen atoms in total. The number of aromatic nitrogens is 2. The molecule has 1 aliphatic heterocycles. The molecule has 1 aromatic heterocycles. The lowest BCUT2D eigenvalue weighted by Crippen LogP contribution is -2.50. The second-order valence-corrected chi connectivity index (χ2v) is 12.9. The molecule has 0 radical (unpaired) electrons. The Morgan fingerprint density at radius 1 is 1.10 bits per heavy atom. The zero-order valence-corrected chi connectivity index (χ0v) is 24.4. The van der Waals surface area contributed by atoms with E-state index in [1.54, 1.807) is 31.3 Å². The van der Waals surface area contributed by atoms with Gasteiger partial charge in [-0.15, -0.1) is 0 Å². The minimum Gasteiger partial charge on any atom is -0.418 e. The second-order valence-electron chi connectivity index (χ2n) is 10.00. The Kier molecular flexibility index (Phi) is 8.31. The highest BCUT2D eigenvalue weighted by molar-refractivity contribution is 14.2. The van der Waals surface area contributed by atoms with Crippen LogP contribution in [0.1, 0.15) is 41.6 Å². The fourth-order valence-electron chi connectivity index (χ4n) is 4.95. The number of amides is 2. The summed E-state index contributed by atoms with van der Waals surface area (Å²) in [6.45, 7) is 0. The molecule has 1 saturated heterocycles. The predicted molar refractivity (Wildman–Crippen MR) is 156 cm³/mol. The molecule has 2 aromatic carbocycles. The van der Waals surface area contributed by atoms with Crippen molar-refractivity contribution in [2.45, 2.75) is 50.0 Å². The van der Waals surface area contributed by atoms with E-state index in [-0.39, 0.29) is 15.5 Å². The highest BCUT2D eigenvalue weighted by Crippen LogP contribution is 2.38. The number of aryl methyl sites for hydroxylation is 1. The predicted octanol–water partition coefficient (Wildman–Crippen LogP) is 1.96. The zero-order valence-electron chi connectivity index (χ0n) is 22.2. The van der Waals surface area contributed by atoms with E-state index in [1.165, 1.54) is 10.9 Å². The molecular weight excluding hydrogens is 643 g/mol. The summed E-state index contributed by atoms with van der Waals surface area (Å²) in [6.07, 6.45) is 2.80. The normalized spacial score (nSPS) is 17.6. The van der Waals surface area contributed by atoms with Crippen LogP contribution in [0, 0.1) is 3.57 Å². The van der Waals surface area contributed by atoms with Gasteiger partial charge in [-0.05, 0) is 37.0 Å². The van der Waals surface area contributed by atoms with Crippen LogP contribution in [0.4, 0.5) is 0 Å². The Morgan fingerprint density at radius 2 is 1.78 bits per heavy atom. The van der Waals surface area contributed by atoms with E-state index in [0.29, 0.717) is 24.1 Å². The lowest BCUT2D eigenvalue weighted by Gasteiger charge is -2.32. The number of esters is 2. The third-order valence-electron chi connectivity index (χ3n) is 6.94. The summed E-state index contributed by atoms with van der Waals surface area (Å²) in [7, 11) is 1.67. The van der Waals surface area contributed by atoms with Gasteiger partial charge in [0.25, 0.3) is 11.7 Å². The Hall–Kier alpha value is -3.91. The van der Waals surface area contributed by atoms with Crippen molar-refractivity contribution in [2.24, 2.45) is 12.8 Å². The Balaban J connectivity index is 1.40. The monoisotopic (exact) mass is 672 g/mol. The Labute approximate surface area is 245 Å². The summed E-state index contributed by atoms with van der Waals surface area (Å²) in [5.74, 6) is -3.89. The topological polar surface area (TPSA) is 163 Å². The zero-order chi connectivity index (χ0) is 29.1. The second kappa shape index (κ2) is 11.9. The number of hydrogen-bond donors (Lipinski definition) is 3. The van der Waals surface area contributed by atoms with Crippen molar-refractivity contribution in [2.75, 3.05) is 0 Å². The molecule has 1 spiro atoms. The number of nitrogens with two attached hydrogens (primary N) is 1. The number of carbonyl (C=O) groups excluding carboxylic acids is 4. The standard InChI is InChI=1S/C29H29IN4O7/c1-34-16-20(26(37)32-21(24(35)25(31)36)14-17-8-3-2-4-9-17)23(33-34)18-10-7-11-19(15-18)30-22-27(38)40-29(41-28(22)39)12-5-6-13-29/h2-4,7-11,15-16,21,24,35H,5-6,12-14H2,1H3,(H2,31,36)(H,32,37). The van der Waals surface area contributed by atoms with Crippen LogP contribution < -0.4 is 11.1 Å². The number of aliphatic hydroxyl groups is 1. The summed E-state index contributed by atoms with van der Waals surface area (Å²) < 4.78 is 13.3. The van der Waals surface area contributed by atoms with Crippen molar-refractivity contribution in [3.8, 4) is 11.3 Å². The van der Waals surface area contributed by atoms with Gasteiger partial charge in [0.15, 0.2) is 9.61 Å². The molecule has 5 rings (SSSR count). The summed E-state index contributed by atoms with van der Waals surface area (Å²) >= 11 is -1.25. The molecule has 2 atom stereocenters. The molecule has 2 aliphatic rings. The maximum Gasteiger partial charge on any atom is 0.354 e. The lowest BCUT2D eigenvalue weighted by atomic mass is 10.00. The minimum atomic E-state index is -1.61.